The van der Waals surface area contributed by atoms with E-state index < -0.39 is 11.3 Å². The molecule has 1 aromatic rings. The standard InChI is InChI=1S/C15H20Cl2N2O3/c1-15(2,13(20)18-5-4-6-22-3)14(21)19-12-8-10(16)7-11(17)9-12/h7-9H,4-6H2,1-3H3,(H,18,20)(H,19,21). The molecule has 0 unspecified atom stereocenters. The molecule has 0 saturated carbocycles. The van der Waals surface area contributed by atoms with E-state index in [1.54, 1.807) is 39.2 Å². The molecule has 0 spiro atoms. The maximum atomic E-state index is 12.3. The third-order valence-corrected chi connectivity index (χ3v) is 3.50. The predicted molar refractivity (Wildman–Crippen MR) is 88.4 cm³/mol. The first kappa shape index (κ1) is 18.7. The quantitative estimate of drug-likeness (QED) is 0.588. The van der Waals surface area contributed by atoms with Crippen molar-refractivity contribution in [2.45, 2.75) is 20.3 Å². The Morgan fingerprint density at radius 3 is 2.27 bits per heavy atom. The molecule has 122 valence electrons. The molecule has 0 radical (unpaired) electrons. The number of hydrogen-bond donors (Lipinski definition) is 2. The Balaban J connectivity index is 2.67. The van der Waals surface area contributed by atoms with Crippen LogP contribution in [0, 0.1) is 5.41 Å². The van der Waals surface area contributed by atoms with Crippen molar-refractivity contribution < 1.29 is 14.3 Å². The van der Waals surface area contributed by atoms with Gasteiger partial charge >= 0.3 is 0 Å². The number of halogens is 2. The lowest BCUT2D eigenvalue weighted by Gasteiger charge is -2.22. The molecular formula is C15H20Cl2N2O3. The number of benzene rings is 1. The Morgan fingerprint density at radius 2 is 1.73 bits per heavy atom. The fourth-order valence-electron chi connectivity index (χ4n) is 1.66. The zero-order valence-corrected chi connectivity index (χ0v) is 14.3. The second-order valence-electron chi connectivity index (χ2n) is 5.34. The highest BCUT2D eigenvalue weighted by molar-refractivity contribution is 6.35. The summed E-state index contributed by atoms with van der Waals surface area (Å²) >= 11 is 11.8. The van der Waals surface area contributed by atoms with Gasteiger partial charge in [0.1, 0.15) is 5.41 Å². The maximum Gasteiger partial charge on any atom is 0.239 e. The average Bonchev–Trinajstić information content (AvgIpc) is 2.42. The lowest BCUT2D eigenvalue weighted by atomic mass is 9.91. The summed E-state index contributed by atoms with van der Waals surface area (Å²) < 4.78 is 4.90. The van der Waals surface area contributed by atoms with Crippen molar-refractivity contribution in [2.75, 3.05) is 25.6 Å². The van der Waals surface area contributed by atoms with Gasteiger partial charge in [-0.2, -0.15) is 0 Å². The van der Waals surface area contributed by atoms with Crippen molar-refractivity contribution in [1.29, 1.82) is 0 Å². The van der Waals surface area contributed by atoms with Crippen LogP contribution in [0.1, 0.15) is 20.3 Å². The van der Waals surface area contributed by atoms with Crippen LogP contribution in [0.15, 0.2) is 18.2 Å². The summed E-state index contributed by atoms with van der Waals surface area (Å²) in [6.45, 7) is 4.11. The Hall–Kier alpha value is -1.30. The van der Waals surface area contributed by atoms with Crippen LogP contribution in [0.25, 0.3) is 0 Å². The topological polar surface area (TPSA) is 67.4 Å². The highest BCUT2D eigenvalue weighted by Crippen LogP contribution is 2.25. The van der Waals surface area contributed by atoms with Gasteiger partial charge in [0.05, 0.1) is 0 Å². The molecule has 0 bridgehead atoms. The summed E-state index contributed by atoms with van der Waals surface area (Å²) in [5, 5.41) is 6.18. The van der Waals surface area contributed by atoms with Gasteiger partial charge in [-0.1, -0.05) is 23.2 Å². The summed E-state index contributed by atoms with van der Waals surface area (Å²) in [7, 11) is 1.59. The Morgan fingerprint density at radius 1 is 1.14 bits per heavy atom. The second kappa shape index (κ2) is 8.36. The first-order valence-electron chi connectivity index (χ1n) is 6.82. The van der Waals surface area contributed by atoms with Crippen molar-refractivity contribution in [3.05, 3.63) is 28.2 Å². The zero-order chi connectivity index (χ0) is 16.8. The molecule has 22 heavy (non-hydrogen) atoms. The fraction of sp³-hybridized carbons (Fsp3) is 0.467. The number of ether oxygens (including phenoxy) is 1. The van der Waals surface area contributed by atoms with Crippen molar-refractivity contribution in [3.8, 4) is 0 Å². The molecule has 0 aliphatic heterocycles. The number of carbonyl (C=O) groups excluding carboxylic acids is 2. The fourth-order valence-corrected chi connectivity index (χ4v) is 2.18. The van der Waals surface area contributed by atoms with E-state index in [-0.39, 0.29) is 5.91 Å². The molecule has 2 amide bonds. The van der Waals surface area contributed by atoms with Gasteiger partial charge in [-0.05, 0) is 38.5 Å². The van der Waals surface area contributed by atoms with Crippen LogP contribution in [-0.2, 0) is 14.3 Å². The normalized spacial score (nSPS) is 11.1. The van der Waals surface area contributed by atoms with Gasteiger partial charge in [-0.3, -0.25) is 9.59 Å². The smallest absolute Gasteiger partial charge is 0.239 e. The van der Waals surface area contributed by atoms with Crippen LogP contribution in [0.3, 0.4) is 0 Å². The van der Waals surface area contributed by atoms with Gasteiger partial charge in [-0.25, -0.2) is 0 Å². The van der Waals surface area contributed by atoms with E-state index in [0.717, 1.165) is 0 Å². The predicted octanol–water partition coefficient (Wildman–Crippen LogP) is 3.11. The van der Waals surface area contributed by atoms with Crippen molar-refractivity contribution in [3.63, 3.8) is 0 Å². The zero-order valence-electron chi connectivity index (χ0n) is 12.8. The van der Waals surface area contributed by atoms with E-state index in [9.17, 15) is 9.59 Å². The molecule has 1 rings (SSSR count). The molecular weight excluding hydrogens is 327 g/mol. The Bertz CT molecular complexity index is 527. The number of rotatable bonds is 7. The molecule has 0 aliphatic rings. The lowest BCUT2D eigenvalue weighted by molar-refractivity contribution is -0.138. The molecule has 0 atom stereocenters. The largest absolute Gasteiger partial charge is 0.385 e. The molecule has 0 heterocycles. The molecule has 0 aliphatic carbocycles. The van der Waals surface area contributed by atoms with Crippen LogP contribution in [0.2, 0.25) is 10.0 Å². The van der Waals surface area contributed by atoms with Gasteiger partial charge in [0, 0.05) is 36.0 Å². The van der Waals surface area contributed by atoms with Crippen LogP contribution >= 0.6 is 23.2 Å². The summed E-state index contributed by atoms with van der Waals surface area (Å²) in [5.74, 6) is -0.788. The van der Waals surface area contributed by atoms with Crippen molar-refractivity contribution in [1.82, 2.24) is 5.32 Å². The first-order chi connectivity index (χ1) is 10.3. The van der Waals surface area contributed by atoms with Crippen LogP contribution in [0.4, 0.5) is 5.69 Å². The summed E-state index contributed by atoms with van der Waals surface area (Å²) in [6.07, 6.45) is 0.684. The van der Waals surface area contributed by atoms with Crippen molar-refractivity contribution >= 4 is 40.7 Å². The molecule has 1 aromatic carbocycles. The van der Waals surface area contributed by atoms with E-state index in [1.807, 2.05) is 0 Å². The van der Waals surface area contributed by atoms with Gasteiger partial charge in [-0.15, -0.1) is 0 Å². The summed E-state index contributed by atoms with van der Waals surface area (Å²) in [5.41, 5.74) is -0.773. The Kier molecular flexibility index (Phi) is 7.13. The maximum absolute atomic E-state index is 12.3. The highest BCUT2D eigenvalue weighted by Gasteiger charge is 2.35. The molecule has 2 N–H and O–H groups in total. The number of amides is 2. The number of anilines is 1. The average molecular weight is 347 g/mol. The molecule has 5 nitrogen and oxygen atoms in total. The third-order valence-electron chi connectivity index (χ3n) is 3.07. The Labute approximate surface area is 140 Å². The highest BCUT2D eigenvalue weighted by atomic mass is 35.5. The number of hydrogen-bond acceptors (Lipinski definition) is 3. The van der Waals surface area contributed by atoms with E-state index in [2.05, 4.69) is 10.6 Å². The first-order valence-corrected chi connectivity index (χ1v) is 7.57. The molecule has 0 saturated heterocycles. The number of methoxy groups -OCH3 is 1. The van der Waals surface area contributed by atoms with Gasteiger partial charge < -0.3 is 15.4 Å². The number of nitrogens with one attached hydrogen (secondary N) is 2. The van der Waals surface area contributed by atoms with E-state index in [1.165, 1.54) is 0 Å². The van der Waals surface area contributed by atoms with Crippen LogP contribution in [-0.4, -0.2) is 32.1 Å². The minimum absolute atomic E-state index is 0.353. The molecule has 0 aromatic heterocycles. The van der Waals surface area contributed by atoms with Crippen LogP contribution in [0.5, 0.6) is 0 Å². The van der Waals surface area contributed by atoms with Gasteiger partial charge in [0.25, 0.3) is 0 Å². The third kappa shape index (κ3) is 5.48. The lowest BCUT2D eigenvalue weighted by Crippen LogP contribution is -2.45. The van der Waals surface area contributed by atoms with Crippen molar-refractivity contribution in [2.24, 2.45) is 5.41 Å². The monoisotopic (exact) mass is 346 g/mol. The van der Waals surface area contributed by atoms with E-state index in [0.29, 0.717) is 35.3 Å². The summed E-state index contributed by atoms with van der Waals surface area (Å²) in [6, 6.07) is 4.70. The molecule has 7 heteroatoms. The number of carbonyl (C=O) groups is 2. The minimum Gasteiger partial charge on any atom is -0.385 e. The van der Waals surface area contributed by atoms with E-state index in [4.69, 9.17) is 27.9 Å². The van der Waals surface area contributed by atoms with Gasteiger partial charge in [0.2, 0.25) is 11.8 Å². The van der Waals surface area contributed by atoms with Crippen LogP contribution < -0.4 is 10.6 Å². The SMILES string of the molecule is COCCCNC(=O)C(C)(C)C(=O)Nc1cc(Cl)cc(Cl)c1. The molecule has 0 fully saturated rings. The minimum atomic E-state index is -1.22. The summed E-state index contributed by atoms with van der Waals surface area (Å²) in [4.78, 5) is 24.4. The van der Waals surface area contributed by atoms with E-state index >= 15 is 0 Å². The van der Waals surface area contributed by atoms with Gasteiger partial charge in [0.15, 0.2) is 0 Å². The second-order valence-corrected chi connectivity index (χ2v) is 6.21.